The highest BCUT2D eigenvalue weighted by Crippen LogP contribution is 2.11. The van der Waals surface area contributed by atoms with Gasteiger partial charge < -0.3 is 5.11 Å². The van der Waals surface area contributed by atoms with Gasteiger partial charge in [-0.15, -0.1) is 0 Å². The maximum Gasteiger partial charge on any atom is 0.233 e. The van der Waals surface area contributed by atoms with Crippen LogP contribution in [-0.2, 0) is 10.0 Å². The van der Waals surface area contributed by atoms with E-state index in [9.17, 15) is 13.5 Å². The third kappa shape index (κ3) is 5.64. The molecule has 18 heavy (non-hydrogen) atoms. The monoisotopic (exact) mass is 289 g/mol. The van der Waals surface area contributed by atoms with E-state index >= 15 is 0 Å². The number of hydrogen-bond acceptors (Lipinski definition) is 3. The van der Waals surface area contributed by atoms with E-state index in [2.05, 4.69) is 4.72 Å². The molecule has 0 aliphatic heterocycles. The van der Waals surface area contributed by atoms with Crippen molar-refractivity contribution in [1.29, 1.82) is 0 Å². The molecule has 0 saturated heterocycles. The van der Waals surface area contributed by atoms with Crippen molar-refractivity contribution in [3.63, 3.8) is 0 Å². The molecule has 100 valence electrons. The average molecular weight is 290 g/mol. The number of rotatable bonds is 6. The van der Waals surface area contributed by atoms with Gasteiger partial charge in [0.2, 0.25) is 10.0 Å². The van der Waals surface area contributed by atoms with E-state index in [4.69, 9.17) is 11.6 Å². The van der Waals surface area contributed by atoms with E-state index in [1.807, 2.05) is 0 Å². The summed E-state index contributed by atoms with van der Waals surface area (Å²) in [5, 5.41) is 10.9. The van der Waals surface area contributed by atoms with Crippen molar-refractivity contribution < 1.29 is 13.5 Å². The number of aliphatic hydroxyl groups excluding tert-OH is 1. The Labute approximate surface area is 112 Å². The molecular formula is C12H16ClNO3S. The molecule has 0 amide bonds. The summed E-state index contributed by atoms with van der Waals surface area (Å²) in [6, 6.07) is 6.80. The Morgan fingerprint density at radius 2 is 2.00 bits per heavy atom. The Morgan fingerprint density at radius 1 is 1.39 bits per heavy atom. The van der Waals surface area contributed by atoms with Gasteiger partial charge in [-0.2, -0.15) is 0 Å². The first-order valence-electron chi connectivity index (χ1n) is 5.54. The Balaban J connectivity index is 2.62. The number of aliphatic hydroxyl groups is 1. The standard InChI is InChI=1S/C12H16ClNO3S/c1-2-12(15)9-14-18(16,17)8-7-10-3-5-11(13)6-4-10/h3-8,12,14-15H,2,9H2,1H3/b8-7+. The van der Waals surface area contributed by atoms with Crippen LogP contribution in [0.15, 0.2) is 29.7 Å². The first kappa shape index (κ1) is 15.2. The van der Waals surface area contributed by atoms with Gasteiger partial charge in [0.25, 0.3) is 0 Å². The van der Waals surface area contributed by atoms with E-state index < -0.39 is 16.1 Å². The molecule has 0 spiro atoms. The van der Waals surface area contributed by atoms with Crippen LogP contribution in [0.5, 0.6) is 0 Å². The molecule has 6 heteroatoms. The number of sulfonamides is 1. The molecule has 1 atom stereocenters. The van der Waals surface area contributed by atoms with E-state index in [0.29, 0.717) is 11.4 Å². The Hall–Kier alpha value is -0.880. The van der Waals surface area contributed by atoms with Gasteiger partial charge >= 0.3 is 0 Å². The number of halogens is 1. The molecule has 1 aromatic carbocycles. The second-order valence-corrected chi connectivity index (χ2v) is 5.90. The summed E-state index contributed by atoms with van der Waals surface area (Å²) in [7, 11) is -3.52. The SMILES string of the molecule is CCC(O)CNS(=O)(=O)/C=C/c1ccc(Cl)cc1. The maximum atomic E-state index is 11.6. The smallest absolute Gasteiger partial charge is 0.233 e. The van der Waals surface area contributed by atoms with Crippen molar-refractivity contribution in [3.8, 4) is 0 Å². The lowest BCUT2D eigenvalue weighted by Crippen LogP contribution is -2.30. The molecule has 1 aromatic rings. The normalized spacial score (nSPS) is 13.9. The number of benzene rings is 1. The zero-order valence-electron chi connectivity index (χ0n) is 10.0. The molecule has 1 unspecified atom stereocenters. The molecule has 0 bridgehead atoms. The second kappa shape index (κ2) is 6.89. The van der Waals surface area contributed by atoms with Gasteiger partial charge in [-0.05, 0) is 30.2 Å². The summed E-state index contributed by atoms with van der Waals surface area (Å²) in [5.74, 6) is 0. The van der Waals surface area contributed by atoms with Gasteiger partial charge in [0.15, 0.2) is 0 Å². The lowest BCUT2D eigenvalue weighted by Gasteiger charge is -2.07. The molecule has 1 rings (SSSR count). The van der Waals surface area contributed by atoms with Crippen molar-refractivity contribution in [2.24, 2.45) is 0 Å². The van der Waals surface area contributed by atoms with Gasteiger partial charge in [0.05, 0.1) is 6.10 Å². The molecule has 0 heterocycles. The molecule has 0 fully saturated rings. The largest absolute Gasteiger partial charge is 0.392 e. The van der Waals surface area contributed by atoms with Crippen LogP contribution < -0.4 is 4.72 Å². The van der Waals surface area contributed by atoms with Crippen molar-refractivity contribution >= 4 is 27.7 Å². The predicted octanol–water partition coefficient (Wildman–Crippen LogP) is 2.00. The highest BCUT2D eigenvalue weighted by molar-refractivity contribution is 7.92. The van der Waals surface area contributed by atoms with Crippen LogP contribution in [0.1, 0.15) is 18.9 Å². The van der Waals surface area contributed by atoms with E-state index in [1.54, 1.807) is 31.2 Å². The average Bonchev–Trinajstić information content (AvgIpc) is 2.35. The molecular weight excluding hydrogens is 274 g/mol. The van der Waals surface area contributed by atoms with Gasteiger partial charge in [0.1, 0.15) is 0 Å². The summed E-state index contributed by atoms with van der Waals surface area (Å²) in [5.41, 5.74) is 0.737. The molecule has 2 N–H and O–H groups in total. The fraction of sp³-hybridized carbons (Fsp3) is 0.333. The van der Waals surface area contributed by atoms with Crippen molar-refractivity contribution in [3.05, 3.63) is 40.3 Å². The zero-order chi connectivity index (χ0) is 13.6. The Kier molecular flexibility index (Phi) is 5.81. The summed E-state index contributed by atoms with van der Waals surface area (Å²) < 4.78 is 25.4. The van der Waals surface area contributed by atoms with Crippen LogP contribution in [-0.4, -0.2) is 26.2 Å². The molecule has 0 radical (unpaired) electrons. The third-order valence-electron chi connectivity index (χ3n) is 2.30. The summed E-state index contributed by atoms with van der Waals surface area (Å²) in [6.07, 6.45) is 1.31. The minimum atomic E-state index is -3.52. The summed E-state index contributed by atoms with van der Waals surface area (Å²) in [6.45, 7) is 1.80. The fourth-order valence-electron chi connectivity index (χ4n) is 1.15. The van der Waals surface area contributed by atoms with Gasteiger partial charge in [-0.25, -0.2) is 13.1 Å². The Bertz CT molecular complexity index is 497. The zero-order valence-corrected chi connectivity index (χ0v) is 11.6. The number of hydrogen-bond donors (Lipinski definition) is 2. The van der Waals surface area contributed by atoms with Gasteiger partial charge in [-0.3, -0.25) is 0 Å². The molecule has 0 aromatic heterocycles. The van der Waals surface area contributed by atoms with Gasteiger partial charge in [-0.1, -0.05) is 30.7 Å². The molecule has 0 aliphatic rings. The molecule has 0 aliphatic carbocycles. The topological polar surface area (TPSA) is 66.4 Å². The van der Waals surface area contributed by atoms with E-state index in [1.165, 1.54) is 6.08 Å². The highest BCUT2D eigenvalue weighted by Gasteiger charge is 2.07. The van der Waals surface area contributed by atoms with Crippen LogP contribution in [0.3, 0.4) is 0 Å². The van der Waals surface area contributed by atoms with Crippen LogP contribution in [0.4, 0.5) is 0 Å². The predicted molar refractivity (Wildman–Crippen MR) is 73.7 cm³/mol. The van der Waals surface area contributed by atoms with Crippen LogP contribution in [0.25, 0.3) is 6.08 Å². The quantitative estimate of drug-likeness (QED) is 0.842. The molecule has 4 nitrogen and oxygen atoms in total. The van der Waals surface area contributed by atoms with Crippen LogP contribution in [0, 0.1) is 0 Å². The Morgan fingerprint density at radius 3 is 2.56 bits per heavy atom. The minimum absolute atomic E-state index is 0.0176. The lowest BCUT2D eigenvalue weighted by molar-refractivity contribution is 0.174. The molecule has 0 saturated carbocycles. The third-order valence-corrected chi connectivity index (χ3v) is 3.62. The van der Waals surface area contributed by atoms with E-state index in [-0.39, 0.29) is 6.54 Å². The maximum absolute atomic E-state index is 11.6. The van der Waals surface area contributed by atoms with Crippen molar-refractivity contribution in [2.75, 3.05) is 6.54 Å². The van der Waals surface area contributed by atoms with Crippen molar-refractivity contribution in [2.45, 2.75) is 19.4 Å². The first-order chi connectivity index (χ1) is 8.43. The van der Waals surface area contributed by atoms with Gasteiger partial charge in [0, 0.05) is 17.0 Å². The first-order valence-corrected chi connectivity index (χ1v) is 7.47. The lowest BCUT2D eigenvalue weighted by atomic mass is 10.2. The number of nitrogens with one attached hydrogen (secondary N) is 1. The fourth-order valence-corrected chi connectivity index (χ4v) is 2.13. The summed E-state index contributed by atoms with van der Waals surface area (Å²) in [4.78, 5) is 0. The van der Waals surface area contributed by atoms with Crippen LogP contribution in [0.2, 0.25) is 5.02 Å². The second-order valence-electron chi connectivity index (χ2n) is 3.81. The van der Waals surface area contributed by atoms with Crippen molar-refractivity contribution in [1.82, 2.24) is 4.72 Å². The highest BCUT2D eigenvalue weighted by atomic mass is 35.5. The minimum Gasteiger partial charge on any atom is -0.392 e. The summed E-state index contributed by atoms with van der Waals surface area (Å²) >= 11 is 5.72. The van der Waals surface area contributed by atoms with Crippen LogP contribution >= 0.6 is 11.6 Å². The van der Waals surface area contributed by atoms with E-state index in [0.717, 1.165) is 11.0 Å².